The number of para-hydroxylation sites is 2. The molecule has 12 heteroatoms. The summed E-state index contributed by atoms with van der Waals surface area (Å²) < 4.78 is 14.6. The molecule has 2 aromatic heterocycles. The van der Waals surface area contributed by atoms with Crippen molar-refractivity contribution in [3.63, 3.8) is 0 Å². The van der Waals surface area contributed by atoms with Crippen LogP contribution in [0.5, 0.6) is 5.75 Å². The van der Waals surface area contributed by atoms with Crippen LogP contribution in [0.15, 0.2) is 109 Å². The zero-order chi connectivity index (χ0) is 38.3. The molecule has 4 heterocycles. The number of ether oxygens (including phenoxy) is 2. The van der Waals surface area contributed by atoms with Crippen molar-refractivity contribution < 1.29 is 24.2 Å². The summed E-state index contributed by atoms with van der Waals surface area (Å²) in [6.07, 6.45) is 4.67. The van der Waals surface area contributed by atoms with Gasteiger partial charge in [-0.1, -0.05) is 78.9 Å². The number of nitrogens with one attached hydrogen (secondary N) is 2. The number of benzene rings is 4. The number of aromatic amines is 1. The standard InChI is InChI=1S/C43H46N6O5Si/c1-28-41(55(3,4)34-17-15-33(53-2)16-18-34)39(20-22-48-27-31(21-23-50)46-47-48)54-43(28)36-25-30(14-19-38(36)49(42(43)52)32-10-6-5-7-11-32)45-40(51)24-29-26-44-37-13-9-8-12-35(29)37/h5-19,25-28,39,41,44,50H,20-24H2,1-4H3,(H,45,51)/t28-,39+,41-,43+/m1/s1. The van der Waals surface area contributed by atoms with Crippen LogP contribution in [0.3, 0.4) is 0 Å². The van der Waals surface area contributed by atoms with Gasteiger partial charge in [0.25, 0.3) is 5.91 Å². The van der Waals surface area contributed by atoms with E-state index in [0.717, 1.165) is 44.8 Å². The molecule has 8 rings (SSSR count). The summed E-state index contributed by atoms with van der Waals surface area (Å²) in [4.78, 5) is 33.9. The van der Waals surface area contributed by atoms with Gasteiger partial charge in [-0.2, -0.15) is 0 Å². The number of anilines is 3. The Balaban J connectivity index is 1.19. The number of hydrogen-bond donors (Lipinski definition) is 3. The van der Waals surface area contributed by atoms with Crippen molar-refractivity contribution in [1.82, 2.24) is 20.0 Å². The minimum absolute atomic E-state index is 0.000899. The number of aryl methyl sites for hydroxylation is 1. The van der Waals surface area contributed by atoms with Crippen molar-refractivity contribution in [2.75, 3.05) is 23.9 Å². The molecule has 11 nitrogen and oxygen atoms in total. The molecular formula is C43H46N6O5Si. The minimum Gasteiger partial charge on any atom is -0.497 e. The van der Waals surface area contributed by atoms with E-state index in [0.29, 0.717) is 25.1 Å². The maximum Gasteiger partial charge on any atom is 0.268 e. The third-order valence-corrected chi connectivity index (χ3v) is 16.0. The topological polar surface area (TPSA) is 135 Å². The van der Waals surface area contributed by atoms with Gasteiger partial charge in [-0.05, 0) is 66.1 Å². The second-order valence-corrected chi connectivity index (χ2v) is 19.9. The lowest BCUT2D eigenvalue weighted by Gasteiger charge is -2.37. The first-order valence-electron chi connectivity index (χ1n) is 18.8. The van der Waals surface area contributed by atoms with Gasteiger partial charge in [0.15, 0.2) is 5.60 Å². The number of aromatic nitrogens is 4. The Bertz CT molecular complexity index is 2340. The first kappa shape index (κ1) is 36.4. The number of hydrogen-bond acceptors (Lipinski definition) is 7. The SMILES string of the molecule is COc1ccc([Si](C)(C)[C@H]2[C@H](CCn3cc(CCO)nn3)O[C@@]3(C(=O)N(c4ccccc4)c4ccc(NC(=O)Cc5c[nH]c6ccccc56)cc43)[C@@H]2C)cc1. The molecule has 0 bridgehead atoms. The van der Waals surface area contributed by atoms with Crippen molar-refractivity contribution in [2.24, 2.45) is 5.92 Å². The number of amides is 2. The van der Waals surface area contributed by atoms with Crippen molar-refractivity contribution in [3.05, 3.63) is 126 Å². The van der Waals surface area contributed by atoms with Crippen molar-refractivity contribution in [3.8, 4) is 5.75 Å². The summed E-state index contributed by atoms with van der Waals surface area (Å²) in [6, 6.07) is 31.7. The minimum atomic E-state index is -2.40. The van der Waals surface area contributed by atoms with E-state index in [1.54, 1.807) is 16.7 Å². The van der Waals surface area contributed by atoms with Gasteiger partial charge in [0.1, 0.15) is 5.75 Å². The summed E-state index contributed by atoms with van der Waals surface area (Å²) in [5.41, 5.74) is 4.15. The number of aliphatic hydroxyl groups is 1. The molecule has 2 aliphatic rings. The molecular weight excluding hydrogens is 709 g/mol. The average molecular weight is 755 g/mol. The van der Waals surface area contributed by atoms with Crippen molar-refractivity contribution >= 4 is 53.0 Å². The van der Waals surface area contributed by atoms with Crippen LogP contribution in [0.4, 0.5) is 17.1 Å². The monoisotopic (exact) mass is 754 g/mol. The maximum absolute atomic E-state index is 15.3. The summed E-state index contributed by atoms with van der Waals surface area (Å²) in [7, 11) is -0.733. The number of methoxy groups -OCH3 is 1. The molecule has 0 aliphatic carbocycles. The number of rotatable bonds is 12. The van der Waals surface area contributed by atoms with Gasteiger partial charge in [-0.3, -0.25) is 19.2 Å². The molecule has 4 aromatic carbocycles. The lowest BCUT2D eigenvalue weighted by molar-refractivity contribution is -0.145. The Morgan fingerprint density at radius 1 is 1.04 bits per heavy atom. The summed E-state index contributed by atoms with van der Waals surface area (Å²) in [6.45, 7) is 7.41. The highest BCUT2D eigenvalue weighted by atomic mass is 28.3. The van der Waals surface area contributed by atoms with E-state index in [1.807, 2.05) is 97.3 Å². The Morgan fingerprint density at radius 2 is 1.80 bits per heavy atom. The van der Waals surface area contributed by atoms with Crippen LogP contribution in [-0.4, -0.2) is 64.8 Å². The van der Waals surface area contributed by atoms with E-state index in [2.05, 4.69) is 52.8 Å². The van der Waals surface area contributed by atoms with Gasteiger partial charge in [-0.25, -0.2) is 0 Å². The molecule has 2 aliphatic heterocycles. The highest BCUT2D eigenvalue weighted by Gasteiger charge is 2.66. The lowest BCUT2D eigenvalue weighted by atomic mass is 9.82. The largest absolute Gasteiger partial charge is 0.497 e. The fraction of sp³-hybridized carbons (Fsp3) is 0.302. The molecule has 1 saturated heterocycles. The van der Waals surface area contributed by atoms with Gasteiger partial charge in [-0.15, -0.1) is 5.10 Å². The zero-order valence-electron chi connectivity index (χ0n) is 31.5. The second kappa shape index (κ2) is 14.6. The first-order chi connectivity index (χ1) is 26.6. The average Bonchev–Trinajstić information content (AvgIpc) is 3.95. The van der Waals surface area contributed by atoms with Gasteiger partial charge in [0.05, 0.1) is 39.1 Å². The van der Waals surface area contributed by atoms with E-state index in [9.17, 15) is 9.90 Å². The van der Waals surface area contributed by atoms with E-state index in [1.165, 1.54) is 5.19 Å². The molecule has 2 amide bonds. The number of aliphatic hydroxyl groups excluding tert-OH is 1. The van der Waals surface area contributed by atoms with Crippen molar-refractivity contribution in [1.29, 1.82) is 0 Å². The molecule has 6 aromatic rings. The molecule has 1 spiro atoms. The molecule has 55 heavy (non-hydrogen) atoms. The Labute approximate surface area is 321 Å². The Morgan fingerprint density at radius 3 is 2.56 bits per heavy atom. The summed E-state index contributed by atoms with van der Waals surface area (Å²) in [5, 5.41) is 23.4. The summed E-state index contributed by atoms with van der Waals surface area (Å²) in [5.74, 6) is 0.265. The molecule has 1 fully saturated rings. The van der Waals surface area contributed by atoms with Gasteiger partial charge in [0.2, 0.25) is 5.91 Å². The normalized spacial score (nSPS) is 20.7. The van der Waals surface area contributed by atoms with E-state index in [-0.39, 0.29) is 42.4 Å². The number of carbonyl (C=O) groups excluding carboxylic acids is 2. The van der Waals surface area contributed by atoms with Crippen LogP contribution in [0, 0.1) is 5.92 Å². The highest BCUT2D eigenvalue weighted by molar-refractivity contribution is 6.91. The molecule has 4 atom stereocenters. The van der Waals surface area contributed by atoms with Crippen LogP contribution in [-0.2, 0) is 39.3 Å². The fourth-order valence-electron chi connectivity index (χ4n) is 9.01. The van der Waals surface area contributed by atoms with Crippen LogP contribution in [0.2, 0.25) is 18.6 Å². The number of nitrogens with zero attached hydrogens (tertiary/aromatic N) is 4. The number of fused-ring (bicyclic) bond motifs is 3. The third-order valence-electron chi connectivity index (χ3n) is 11.7. The molecule has 0 saturated carbocycles. The molecule has 3 N–H and O–H groups in total. The van der Waals surface area contributed by atoms with Crippen LogP contribution in [0.25, 0.3) is 10.9 Å². The molecule has 0 unspecified atom stereocenters. The van der Waals surface area contributed by atoms with Gasteiger partial charge >= 0.3 is 0 Å². The Kier molecular flexibility index (Phi) is 9.66. The second-order valence-electron chi connectivity index (χ2n) is 15.2. The molecule has 0 radical (unpaired) electrons. The zero-order valence-corrected chi connectivity index (χ0v) is 32.5. The summed E-state index contributed by atoms with van der Waals surface area (Å²) >= 11 is 0. The van der Waals surface area contributed by atoms with Gasteiger partial charge in [0, 0.05) is 65.7 Å². The first-order valence-corrected chi connectivity index (χ1v) is 21.9. The van der Waals surface area contributed by atoms with Crippen LogP contribution >= 0.6 is 0 Å². The Hall–Kier alpha value is -5.56. The van der Waals surface area contributed by atoms with Crippen LogP contribution in [0.1, 0.15) is 30.2 Å². The van der Waals surface area contributed by atoms with E-state index < -0.39 is 13.7 Å². The van der Waals surface area contributed by atoms with Gasteiger partial charge < -0.3 is 24.9 Å². The molecule has 282 valence electrons. The quantitative estimate of drug-likeness (QED) is 0.122. The maximum atomic E-state index is 15.3. The van der Waals surface area contributed by atoms with Crippen LogP contribution < -0.4 is 20.1 Å². The predicted molar refractivity (Wildman–Crippen MR) is 216 cm³/mol. The predicted octanol–water partition coefficient (Wildman–Crippen LogP) is 6.47. The van der Waals surface area contributed by atoms with Crippen molar-refractivity contribution in [2.45, 2.75) is 63.1 Å². The lowest BCUT2D eigenvalue weighted by Crippen LogP contribution is -2.51. The van der Waals surface area contributed by atoms with E-state index >= 15 is 4.79 Å². The van der Waals surface area contributed by atoms with E-state index in [4.69, 9.17) is 9.47 Å². The number of carbonyl (C=O) groups is 2. The fourth-order valence-corrected chi connectivity index (χ4v) is 13.1. The third kappa shape index (κ3) is 6.43. The smallest absolute Gasteiger partial charge is 0.268 e. The highest BCUT2D eigenvalue weighted by Crippen LogP contribution is 2.61. The number of H-pyrrole nitrogens is 1.